The van der Waals surface area contributed by atoms with Crippen LogP contribution in [0.1, 0.15) is 18.0 Å². The van der Waals surface area contributed by atoms with E-state index in [1.54, 1.807) is 0 Å². The van der Waals surface area contributed by atoms with E-state index >= 15 is 0 Å². The first kappa shape index (κ1) is 10.8. The highest BCUT2D eigenvalue weighted by Crippen LogP contribution is 2.26. The zero-order chi connectivity index (χ0) is 11.7. The molecule has 0 radical (unpaired) electrons. The Balaban J connectivity index is 2.35. The molecule has 2 rings (SSSR count). The van der Waals surface area contributed by atoms with Crippen molar-refractivity contribution in [1.82, 2.24) is 5.32 Å². The Bertz CT molecular complexity index is 413. The lowest BCUT2D eigenvalue weighted by Crippen LogP contribution is -2.36. The van der Waals surface area contributed by atoms with Gasteiger partial charge in [0.25, 0.3) is 0 Å². The highest BCUT2D eigenvalue weighted by atomic mass is 19.1. The van der Waals surface area contributed by atoms with Crippen molar-refractivity contribution in [2.45, 2.75) is 12.5 Å². The minimum atomic E-state index is -1.01. The lowest BCUT2D eigenvalue weighted by Gasteiger charge is -2.24. The minimum Gasteiger partial charge on any atom is -0.449 e. The van der Waals surface area contributed by atoms with E-state index in [4.69, 9.17) is 0 Å². The second-order valence-electron chi connectivity index (χ2n) is 3.40. The van der Waals surface area contributed by atoms with Crippen LogP contribution in [0.2, 0.25) is 0 Å². The van der Waals surface area contributed by atoms with Gasteiger partial charge in [-0.05, 0) is 0 Å². The number of alkyl carbamates (subject to hydrolysis) is 1. The minimum absolute atomic E-state index is 0.0761. The highest BCUT2D eigenvalue weighted by molar-refractivity contribution is 5.68. The SMILES string of the molecule is O=C1N[C@H](c2c(F)cc(F)cc2F)CCO1. The topological polar surface area (TPSA) is 38.3 Å². The molecule has 1 N–H and O–H groups in total. The smallest absolute Gasteiger partial charge is 0.407 e. The summed E-state index contributed by atoms with van der Waals surface area (Å²) in [5.41, 5.74) is -0.335. The van der Waals surface area contributed by atoms with Crippen molar-refractivity contribution < 1.29 is 22.7 Å². The maximum atomic E-state index is 13.4. The molecular formula is C10H8F3NO2. The summed E-state index contributed by atoms with van der Waals surface area (Å²) in [6.07, 6.45) is -0.495. The third kappa shape index (κ3) is 1.95. The van der Waals surface area contributed by atoms with Gasteiger partial charge >= 0.3 is 6.09 Å². The van der Waals surface area contributed by atoms with Gasteiger partial charge in [-0.1, -0.05) is 0 Å². The first-order valence-corrected chi connectivity index (χ1v) is 4.65. The van der Waals surface area contributed by atoms with Gasteiger partial charge < -0.3 is 10.1 Å². The number of ether oxygens (including phenoxy) is 1. The van der Waals surface area contributed by atoms with Crippen LogP contribution in [0.3, 0.4) is 0 Å². The Morgan fingerprint density at radius 3 is 2.44 bits per heavy atom. The van der Waals surface area contributed by atoms with E-state index in [0.717, 1.165) is 0 Å². The number of hydrogen-bond donors (Lipinski definition) is 1. The molecule has 0 unspecified atom stereocenters. The zero-order valence-electron chi connectivity index (χ0n) is 8.10. The molecule has 6 heteroatoms. The molecule has 1 aromatic carbocycles. The van der Waals surface area contributed by atoms with E-state index in [9.17, 15) is 18.0 Å². The standard InChI is InChI=1S/C10H8F3NO2/c11-5-3-6(12)9(7(13)4-5)8-1-2-16-10(15)14-8/h3-4,8H,1-2H2,(H,14,15)/t8-/m0/s1. The Morgan fingerprint density at radius 1 is 1.25 bits per heavy atom. The predicted molar refractivity (Wildman–Crippen MR) is 48.2 cm³/mol. The maximum Gasteiger partial charge on any atom is 0.407 e. The van der Waals surface area contributed by atoms with Crippen molar-refractivity contribution in [3.05, 3.63) is 35.1 Å². The van der Waals surface area contributed by atoms with Crippen molar-refractivity contribution in [3.8, 4) is 0 Å². The zero-order valence-corrected chi connectivity index (χ0v) is 8.10. The third-order valence-electron chi connectivity index (χ3n) is 2.32. The number of halogens is 3. The fourth-order valence-electron chi connectivity index (χ4n) is 1.63. The normalized spacial score (nSPS) is 20.2. The van der Waals surface area contributed by atoms with E-state index in [1.165, 1.54) is 0 Å². The van der Waals surface area contributed by atoms with Gasteiger partial charge in [0, 0.05) is 24.1 Å². The molecule has 0 aromatic heterocycles. The number of carbonyl (C=O) groups excluding carboxylic acids is 1. The molecule has 86 valence electrons. The highest BCUT2D eigenvalue weighted by Gasteiger charge is 2.26. The first-order chi connectivity index (χ1) is 7.58. The summed E-state index contributed by atoms with van der Waals surface area (Å²) in [6.45, 7) is 0.0761. The van der Waals surface area contributed by atoms with Gasteiger partial charge in [-0.15, -0.1) is 0 Å². The van der Waals surface area contributed by atoms with Crippen molar-refractivity contribution in [2.75, 3.05) is 6.61 Å². The Morgan fingerprint density at radius 2 is 1.88 bits per heavy atom. The van der Waals surface area contributed by atoms with Crippen molar-refractivity contribution in [1.29, 1.82) is 0 Å². The lowest BCUT2D eigenvalue weighted by molar-refractivity contribution is 0.114. The first-order valence-electron chi connectivity index (χ1n) is 4.65. The summed E-state index contributed by atoms with van der Waals surface area (Å²) < 4.78 is 43.9. The van der Waals surface area contributed by atoms with Crippen LogP contribution < -0.4 is 5.32 Å². The molecule has 3 nitrogen and oxygen atoms in total. The van der Waals surface area contributed by atoms with Crippen LogP contribution in [0.4, 0.5) is 18.0 Å². The summed E-state index contributed by atoms with van der Waals surface area (Å²) >= 11 is 0. The number of cyclic esters (lactones) is 1. The number of carbonyl (C=O) groups is 1. The molecule has 1 amide bonds. The molecule has 1 aliphatic rings. The average Bonchev–Trinajstić information content (AvgIpc) is 2.15. The summed E-state index contributed by atoms with van der Waals surface area (Å²) in [6, 6.07) is 0.349. The second-order valence-corrected chi connectivity index (χ2v) is 3.40. The number of nitrogens with one attached hydrogen (secondary N) is 1. The van der Waals surface area contributed by atoms with Gasteiger partial charge in [0.05, 0.1) is 12.6 Å². The third-order valence-corrected chi connectivity index (χ3v) is 2.32. The fourth-order valence-corrected chi connectivity index (χ4v) is 1.63. The van der Waals surface area contributed by atoms with Crippen LogP contribution >= 0.6 is 0 Å². The predicted octanol–water partition coefficient (Wildman–Crippen LogP) is 2.27. The van der Waals surface area contributed by atoms with Crippen LogP contribution in [0, 0.1) is 17.5 Å². The van der Waals surface area contributed by atoms with Crippen LogP contribution in [0.5, 0.6) is 0 Å². The van der Waals surface area contributed by atoms with Gasteiger partial charge in [0.1, 0.15) is 17.5 Å². The van der Waals surface area contributed by atoms with Crippen molar-refractivity contribution in [3.63, 3.8) is 0 Å². The molecule has 1 saturated heterocycles. The molecule has 1 aliphatic heterocycles. The second kappa shape index (κ2) is 4.03. The van der Waals surface area contributed by atoms with Crippen LogP contribution in [-0.2, 0) is 4.74 Å². The summed E-state index contributed by atoms with van der Waals surface area (Å²) in [4.78, 5) is 10.9. The monoisotopic (exact) mass is 231 g/mol. The van der Waals surface area contributed by atoms with Crippen LogP contribution in [0.15, 0.2) is 12.1 Å². The summed E-state index contributed by atoms with van der Waals surface area (Å²) in [5, 5.41) is 2.27. The molecule has 0 aliphatic carbocycles. The maximum absolute atomic E-state index is 13.4. The van der Waals surface area contributed by atoms with E-state index in [-0.39, 0.29) is 18.6 Å². The Labute approximate surface area is 89.2 Å². The van der Waals surface area contributed by atoms with Crippen molar-refractivity contribution in [2.24, 2.45) is 0 Å². The van der Waals surface area contributed by atoms with Crippen LogP contribution in [0.25, 0.3) is 0 Å². The molecule has 1 fully saturated rings. The molecule has 1 heterocycles. The molecule has 16 heavy (non-hydrogen) atoms. The quantitative estimate of drug-likeness (QED) is 0.805. The van der Waals surface area contributed by atoms with E-state index in [2.05, 4.69) is 10.1 Å². The van der Waals surface area contributed by atoms with Gasteiger partial charge in [-0.25, -0.2) is 18.0 Å². The lowest BCUT2D eigenvalue weighted by atomic mass is 10.0. The van der Waals surface area contributed by atoms with E-state index in [0.29, 0.717) is 12.1 Å². The number of rotatable bonds is 1. The van der Waals surface area contributed by atoms with Gasteiger partial charge in [-0.3, -0.25) is 0 Å². The van der Waals surface area contributed by atoms with Gasteiger partial charge in [0.2, 0.25) is 0 Å². The van der Waals surface area contributed by atoms with Crippen molar-refractivity contribution >= 4 is 6.09 Å². The molecule has 0 spiro atoms. The van der Waals surface area contributed by atoms with Crippen LogP contribution in [-0.4, -0.2) is 12.7 Å². The summed E-state index contributed by atoms with van der Waals surface area (Å²) in [7, 11) is 0. The molecule has 1 aromatic rings. The molecular weight excluding hydrogens is 223 g/mol. The van der Waals surface area contributed by atoms with Gasteiger partial charge in [-0.2, -0.15) is 0 Å². The average molecular weight is 231 g/mol. The summed E-state index contributed by atoms with van der Waals surface area (Å²) in [5.74, 6) is -3.01. The molecule has 0 saturated carbocycles. The molecule has 1 atom stereocenters. The number of benzene rings is 1. The Hall–Kier alpha value is -1.72. The fraction of sp³-hybridized carbons (Fsp3) is 0.300. The van der Waals surface area contributed by atoms with E-state index < -0.39 is 29.6 Å². The number of amides is 1. The van der Waals surface area contributed by atoms with Gasteiger partial charge in [0.15, 0.2) is 0 Å². The largest absolute Gasteiger partial charge is 0.449 e. The Kier molecular flexibility index (Phi) is 2.72. The number of hydrogen-bond acceptors (Lipinski definition) is 2. The van der Waals surface area contributed by atoms with E-state index in [1.807, 2.05) is 0 Å². The molecule has 0 bridgehead atoms.